The predicted octanol–water partition coefficient (Wildman–Crippen LogP) is 2.81. The molecule has 0 spiro atoms. The Kier molecular flexibility index (Phi) is 4.22. The first-order chi connectivity index (χ1) is 7.72. The van der Waals surface area contributed by atoms with Gasteiger partial charge in [-0.25, -0.2) is 0 Å². The second kappa shape index (κ2) is 4.96. The number of ether oxygens (including phenoxy) is 1. The zero-order valence-corrected chi connectivity index (χ0v) is 12.1. The van der Waals surface area contributed by atoms with E-state index in [9.17, 15) is 0 Å². The van der Waals surface area contributed by atoms with E-state index in [-0.39, 0.29) is 17.1 Å². The molecule has 0 N–H and O–H groups in total. The van der Waals surface area contributed by atoms with Gasteiger partial charge in [-0.2, -0.15) is 5.26 Å². The Balaban J connectivity index is 2.79. The van der Waals surface area contributed by atoms with Crippen molar-refractivity contribution in [1.82, 2.24) is 4.90 Å². The lowest BCUT2D eigenvalue weighted by atomic mass is 9.92. The Hall–Kier alpha value is -0.590. The highest BCUT2D eigenvalue weighted by Crippen LogP contribution is 2.40. The summed E-state index contributed by atoms with van der Waals surface area (Å²) in [5, 5.41) is 8.95. The minimum Gasteiger partial charge on any atom is -0.368 e. The summed E-state index contributed by atoms with van der Waals surface area (Å²) >= 11 is 0. The number of nitriles is 1. The van der Waals surface area contributed by atoms with Gasteiger partial charge in [0, 0.05) is 12.6 Å². The van der Waals surface area contributed by atoms with Crippen LogP contribution >= 0.6 is 0 Å². The van der Waals surface area contributed by atoms with Crippen LogP contribution in [0.2, 0.25) is 0 Å². The van der Waals surface area contributed by atoms with E-state index in [1.807, 2.05) is 6.92 Å². The minimum atomic E-state index is -0.130. The summed E-state index contributed by atoms with van der Waals surface area (Å²) in [6.45, 7) is 14.6. The van der Waals surface area contributed by atoms with Gasteiger partial charge in [0.1, 0.15) is 0 Å². The van der Waals surface area contributed by atoms with Crippen LogP contribution in [0.4, 0.5) is 0 Å². The van der Waals surface area contributed by atoms with Gasteiger partial charge in [0.15, 0.2) is 0 Å². The van der Waals surface area contributed by atoms with Crippen molar-refractivity contribution in [3.8, 4) is 6.07 Å². The zero-order valence-electron chi connectivity index (χ0n) is 12.1. The standard InChI is InChI=1S/C14H26N2O/c1-7-16(10-11(2)9-15)12-8-13(3,4)17-14(12,5)6/h11-12H,7-8,10H2,1-6H3. The highest BCUT2D eigenvalue weighted by Gasteiger charge is 2.48. The molecule has 1 aliphatic rings. The van der Waals surface area contributed by atoms with Crippen molar-refractivity contribution in [3.05, 3.63) is 0 Å². The molecule has 1 saturated heterocycles. The fraction of sp³-hybridized carbons (Fsp3) is 0.929. The molecule has 17 heavy (non-hydrogen) atoms. The summed E-state index contributed by atoms with van der Waals surface area (Å²) in [7, 11) is 0. The van der Waals surface area contributed by atoms with Crippen molar-refractivity contribution in [2.45, 2.75) is 65.2 Å². The van der Waals surface area contributed by atoms with Crippen molar-refractivity contribution in [3.63, 3.8) is 0 Å². The van der Waals surface area contributed by atoms with Crippen molar-refractivity contribution in [2.24, 2.45) is 5.92 Å². The Bertz CT molecular complexity index is 304. The second-order valence-electron chi connectivity index (χ2n) is 6.30. The average Bonchev–Trinajstić information content (AvgIpc) is 2.42. The molecule has 0 aromatic rings. The molecule has 98 valence electrons. The molecule has 1 heterocycles. The monoisotopic (exact) mass is 238 g/mol. The smallest absolute Gasteiger partial charge is 0.0789 e. The fourth-order valence-corrected chi connectivity index (χ4v) is 2.97. The lowest BCUT2D eigenvalue weighted by molar-refractivity contribution is -0.0806. The molecule has 2 unspecified atom stereocenters. The maximum atomic E-state index is 8.95. The number of rotatable bonds is 4. The molecule has 0 aromatic heterocycles. The van der Waals surface area contributed by atoms with E-state index in [2.05, 4.69) is 45.6 Å². The molecule has 0 amide bonds. The molecule has 0 radical (unpaired) electrons. The average molecular weight is 238 g/mol. The molecule has 0 bridgehead atoms. The second-order valence-corrected chi connectivity index (χ2v) is 6.30. The molecular weight excluding hydrogens is 212 g/mol. The van der Waals surface area contributed by atoms with E-state index in [1.54, 1.807) is 0 Å². The molecule has 1 rings (SSSR count). The minimum absolute atomic E-state index is 0.0581. The van der Waals surface area contributed by atoms with Gasteiger partial charge in [0.25, 0.3) is 0 Å². The highest BCUT2D eigenvalue weighted by atomic mass is 16.5. The van der Waals surface area contributed by atoms with E-state index in [0.717, 1.165) is 19.5 Å². The largest absolute Gasteiger partial charge is 0.368 e. The molecule has 3 heteroatoms. The quantitative estimate of drug-likeness (QED) is 0.755. The summed E-state index contributed by atoms with van der Waals surface area (Å²) in [6.07, 6.45) is 1.03. The molecule has 1 aliphatic heterocycles. The summed E-state index contributed by atoms with van der Waals surface area (Å²) in [4.78, 5) is 2.39. The first-order valence-corrected chi connectivity index (χ1v) is 6.55. The SMILES string of the molecule is CCN(CC(C)C#N)C1CC(C)(C)OC1(C)C. The van der Waals surface area contributed by atoms with Crippen LogP contribution in [0.1, 0.15) is 48.0 Å². The highest BCUT2D eigenvalue weighted by molar-refractivity contribution is 5.00. The number of hydrogen-bond acceptors (Lipinski definition) is 3. The van der Waals surface area contributed by atoms with Crippen molar-refractivity contribution in [2.75, 3.05) is 13.1 Å². The Morgan fingerprint density at radius 3 is 2.35 bits per heavy atom. The summed E-state index contributed by atoms with van der Waals surface area (Å²) < 4.78 is 6.12. The summed E-state index contributed by atoms with van der Waals surface area (Å²) in [5.41, 5.74) is -0.188. The van der Waals surface area contributed by atoms with E-state index >= 15 is 0 Å². The molecule has 0 aromatic carbocycles. The van der Waals surface area contributed by atoms with E-state index in [1.165, 1.54) is 0 Å². The van der Waals surface area contributed by atoms with Crippen molar-refractivity contribution in [1.29, 1.82) is 5.26 Å². The first-order valence-electron chi connectivity index (χ1n) is 6.55. The normalized spacial score (nSPS) is 28.0. The van der Waals surface area contributed by atoms with Gasteiger partial charge in [-0.1, -0.05) is 6.92 Å². The molecule has 2 atom stereocenters. The summed E-state index contributed by atoms with van der Waals surface area (Å²) in [5.74, 6) is 0.0782. The van der Waals surface area contributed by atoms with Crippen LogP contribution in [-0.4, -0.2) is 35.2 Å². The van der Waals surface area contributed by atoms with E-state index in [4.69, 9.17) is 10.00 Å². The third-order valence-electron chi connectivity index (χ3n) is 3.60. The fourth-order valence-electron chi connectivity index (χ4n) is 2.97. The van der Waals surface area contributed by atoms with Crippen molar-refractivity contribution >= 4 is 0 Å². The lowest BCUT2D eigenvalue weighted by Gasteiger charge is -2.36. The van der Waals surface area contributed by atoms with Crippen LogP contribution in [0, 0.1) is 17.2 Å². The molecular formula is C14H26N2O. The number of likely N-dealkylation sites (N-methyl/N-ethyl adjacent to an activating group) is 1. The van der Waals surface area contributed by atoms with Gasteiger partial charge >= 0.3 is 0 Å². The lowest BCUT2D eigenvalue weighted by Crippen LogP contribution is -2.47. The van der Waals surface area contributed by atoms with E-state index in [0.29, 0.717) is 6.04 Å². The van der Waals surface area contributed by atoms with Gasteiger partial charge in [-0.3, -0.25) is 4.90 Å². The molecule has 3 nitrogen and oxygen atoms in total. The van der Waals surface area contributed by atoms with Crippen LogP contribution in [0.3, 0.4) is 0 Å². The van der Waals surface area contributed by atoms with Crippen LogP contribution < -0.4 is 0 Å². The van der Waals surface area contributed by atoms with Crippen LogP contribution in [0.5, 0.6) is 0 Å². The van der Waals surface area contributed by atoms with Gasteiger partial charge in [0.05, 0.1) is 23.2 Å². The third kappa shape index (κ3) is 3.43. The topological polar surface area (TPSA) is 36.3 Å². The predicted molar refractivity (Wildman–Crippen MR) is 69.7 cm³/mol. The maximum Gasteiger partial charge on any atom is 0.0789 e. The Morgan fingerprint density at radius 1 is 1.41 bits per heavy atom. The van der Waals surface area contributed by atoms with Crippen molar-refractivity contribution < 1.29 is 4.74 Å². The first kappa shape index (κ1) is 14.5. The molecule has 0 aliphatic carbocycles. The number of hydrogen-bond donors (Lipinski definition) is 0. The Morgan fingerprint density at radius 2 is 2.00 bits per heavy atom. The van der Waals surface area contributed by atoms with Gasteiger partial charge < -0.3 is 4.74 Å². The molecule has 1 fully saturated rings. The maximum absolute atomic E-state index is 8.95. The Labute approximate surface area is 106 Å². The van der Waals surface area contributed by atoms with E-state index < -0.39 is 0 Å². The van der Waals surface area contributed by atoms with Gasteiger partial charge in [-0.05, 0) is 47.6 Å². The van der Waals surface area contributed by atoms with Gasteiger partial charge in [0.2, 0.25) is 0 Å². The molecule has 0 saturated carbocycles. The summed E-state index contributed by atoms with van der Waals surface area (Å²) in [6, 6.07) is 2.72. The van der Waals surface area contributed by atoms with Gasteiger partial charge in [-0.15, -0.1) is 0 Å². The van der Waals surface area contributed by atoms with Crippen LogP contribution in [0.15, 0.2) is 0 Å². The zero-order chi connectivity index (χ0) is 13.3. The number of nitrogens with zero attached hydrogens (tertiary/aromatic N) is 2. The van der Waals surface area contributed by atoms with Crippen LogP contribution in [-0.2, 0) is 4.74 Å². The third-order valence-corrected chi connectivity index (χ3v) is 3.60. The van der Waals surface area contributed by atoms with Crippen LogP contribution in [0.25, 0.3) is 0 Å².